The first-order chi connectivity index (χ1) is 21.1. The number of pyridine rings is 1. The molecule has 234 valence electrons. The monoisotopic (exact) mass is 620 g/mol. The van der Waals surface area contributed by atoms with E-state index < -0.39 is 5.60 Å². The number of likely N-dealkylation sites (tertiary alicyclic amines) is 1. The summed E-state index contributed by atoms with van der Waals surface area (Å²) in [6, 6.07) is 11.9. The molecule has 0 unspecified atom stereocenters. The number of benzene rings is 1. The first kappa shape index (κ1) is 30.2. The maximum absolute atomic E-state index is 12.4. The lowest BCUT2D eigenvalue weighted by Crippen LogP contribution is -2.45. The van der Waals surface area contributed by atoms with Crippen molar-refractivity contribution in [3.8, 4) is 0 Å². The maximum Gasteiger partial charge on any atom is 0.410 e. The minimum Gasteiger partial charge on any atom is -0.444 e. The molecule has 1 amide bonds. The molecule has 0 saturated carbocycles. The number of rotatable bonds is 7. The Hall–Kier alpha value is -3.83. The number of piperidine rings is 2. The Bertz CT molecular complexity index is 1580. The van der Waals surface area contributed by atoms with Crippen LogP contribution in [0.1, 0.15) is 52.0 Å². The molecule has 0 spiro atoms. The molecular weight excluding hydrogens is 580 g/mol. The van der Waals surface area contributed by atoms with Crippen LogP contribution < -0.4 is 10.2 Å². The highest BCUT2D eigenvalue weighted by Crippen LogP contribution is 2.38. The number of aliphatic hydroxyl groups is 1. The predicted octanol–water partition coefficient (Wildman–Crippen LogP) is 5.50. The zero-order chi connectivity index (χ0) is 30.9. The first-order valence-corrected chi connectivity index (χ1v) is 15.7. The van der Waals surface area contributed by atoms with Crippen molar-refractivity contribution in [2.75, 3.05) is 43.0 Å². The summed E-state index contributed by atoms with van der Waals surface area (Å²) in [6.45, 7) is 9.53. The minimum absolute atomic E-state index is 0.102. The highest BCUT2D eigenvalue weighted by molar-refractivity contribution is 6.30. The van der Waals surface area contributed by atoms with Gasteiger partial charge in [-0.15, -0.1) is 5.10 Å². The molecule has 0 atom stereocenters. The first-order valence-electron chi connectivity index (χ1n) is 15.4. The number of carbonyl (C=O) groups excluding carboxylic acids is 1. The molecule has 0 bridgehead atoms. The van der Waals surface area contributed by atoms with Crippen molar-refractivity contribution in [2.24, 2.45) is 5.92 Å². The number of aliphatic hydroxyl groups excluding tert-OH is 1. The van der Waals surface area contributed by atoms with E-state index in [1.54, 1.807) is 15.6 Å². The highest BCUT2D eigenvalue weighted by Gasteiger charge is 2.36. The van der Waals surface area contributed by atoms with Gasteiger partial charge in [0.05, 0.1) is 24.2 Å². The number of hydrogen-bond donors (Lipinski definition) is 2. The van der Waals surface area contributed by atoms with Crippen LogP contribution in [0.2, 0.25) is 5.02 Å². The van der Waals surface area contributed by atoms with E-state index in [1.807, 2.05) is 68.2 Å². The number of anilines is 3. The van der Waals surface area contributed by atoms with E-state index in [-0.39, 0.29) is 18.1 Å². The van der Waals surface area contributed by atoms with Crippen LogP contribution in [0.5, 0.6) is 0 Å². The Morgan fingerprint density at radius 1 is 1.11 bits per heavy atom. The number of nitrogens with one attached hydrogen (secondary N) is 1. The van der Waals surface area contributed by atoms with Gasteiger partial charge in [-0.2, -0.15) is 10.1 Å². The van der Waals surface area contributed by atoms with Gasteiger partial charge in [-0.25, -0.2) is 9.31 Å². The number of ether oxygens (including phenoxy) is 1. The van der Waals surface area contributed by atoms with Crippen molar-refractivity contribution in [3.05, 3.63) is 65.6 Å². The van der Waals surface area contributed by atoms with Gasteiger partial charge in [-0.3, -0.25) is 4.68 Å². The second kappa shape index (κ2) is 12.3. The number of fused-ring (bicyclic) bond motifs is 1. The Labute approximate surface area is 262 Å². The average Bonchev–Trinajstić information content (AvgIpc) is 3.63. The van der Waals surface area contributed by atoms with Crippen LogP contribution in [0.4, 0.5) is 22.1 Å². The number of aromatic nitrogens is 5. The van der Waals surface area contributed by atoms with Crippen LogP contribution in [0.25, 0.3) is 5.65 Å². The van der Waals surface area contributed by atoms with E-state index in [4.69, 9.17) is 21.3 Å². The molecule has 1 aromatic carbocycles. The molecule has 5 heterocycles. The van der Waals surface area contributed by atoms with E-state index in [9.17, 15) is 9.90 Å². The Kier molecular flexibility index (Phi) is 8.43. The summed E-state index contributed by atoms with van der Waals surface area (Å²) in [5.74, 6) is 0.941. The molecule has 6 rings (SSSR count). The molecule has 2 aliphatic rings. The third kappa shape index (κ3) is 6.63. The molecule has 0 aliphatic carbocycles. The van der Waals surface area contributed by atoms with E-state index in [1.165, 1.54) is 0 Å². The molecule has 2 aliphatic heterocycles. The second-order valence-corrected chi connectivity index (χ2v) is 13.5. The number of hydrogen-bond acceptors (Lipinski definition) is 8. The highest BCUT2D eigenvalue weighted by atomic mass is 35.5. The summed E-state index contributed by atoms with van der Waals surface area (Å²) in [7, 11) is 0. The molecule has 2 fully saturated rings. The van der Waals surface area contributed by atoms with E-state index in [2.05, 4.69) is 26.5 Å². The van der Waals surface area contributed by atoms with Crippen molar-refractivity contribution in [2.45, 2.75) is 64.0 Å². The second-order valence-electron chi connectivity index (χ2n) is 13.0. The van der Waals surface area contributed by atoms with Gasteiger partial charge in [0.2, 0.25) is 5.95 Å². The fourth-order valence-electron chi connectivity index (χ4n) is 6.26. The summed E-state index contributed by atoms with van der Waals surface area (Å²) < 4.78 is 9.26. The lowest BCUT2D eigenvalue weighted by Gasteiger charge is -2.42. The van der Waals surface area contributed by atoms with Crippen LogP contribution in [0.15, 0.2) is 55.0 Å². The molecule has 2 N–H and O–H groups in total. The van der Waals surface area contributed by atoms with Crippen LogP contribution in [-0.2, 0) is 16.7 Å². The van der Waals surface area contributed by atoms with Crippen LogP contribution in [0, 0.1) is 5.92 Å². The lowest BCUT2D eigenvalue weighted by atomic mass is 9.73. The van der Waals surface area contributed by atoms with Gasteiger partial charge >= 0.3 is 6.09 Å². The Morgan fingerprint density at radius 2 is 1.84 bits per heavy atom. The van der Waals surface area contributed by atoms with Gasteiger partial charge in [0, 0.05) is 55.6 Å². The van der Waals surface area contributed by atoms with Crippen molar-refractivity contribution < 1.29 is 14.6 Å². The fourth-order valence-corrected chi connectivity index (χ4v) is 6.38. The average molecular weight is 621 g/mol. The van der Waals surface area contributed by atoms with E-state index in [0.29, 0.717) is 30.0 Å². The van der Waals surface area contributed by atoms with Crippen molar-refractivity contribution in [3.63, 3.8) is 0 Å². The van der Waals surface area contributed by atoms with E-state index in [0.717, 1.165) is 67.9 Å². The topological polar surface area (TPSA) is 113 Å². The number of amides is 1. The van der Waals surface area contributed by atoms with Crippen LogP contribution in [-0.4, -0.2) is 78.9 Å². The third-order valence-electron chi connectivity index (χ3n) is 8.76. The SMILES string of the molecule is CC(C)(C)OC(=O)N1CCC(Cn2cc(Nc3nc4c(N5CCC(CO)(c6ccc(Cl)cc6)CC5)cccn4n3)cn2)CC1. The van der Waals surface area contributed by atoms with Crippen LogP contribution >= 0.6 is 11.6 Å². The normalized spacial score (nSPS) is 17.7. The molecule has 44 heavy (non-hydrogen) atoms. The smallest absolute Gasteiger partial charge is 0.410 e. The third-order valence-corrected chi connectivity index (χ3v) is 9.02. The van der Waals surface area contributed by atoms with Gasteiger partial charge in [0.25, 0.3) is 0 Å². The van der Waals surface area contributed by atoms with Crippen molar-refractivity contribution >= 4 is 40.7 Å². The fraction of sp³-hybridized carbons (Fsp3) is 0.500. The summed E-state index contributed by atoms with van der Waals surface area (Å²) >= 11 is 6.11. The van der Waals surface area contributed by atoms with Gasteiger partial charge in [0.15, 0.2) is 5.65 Å². The lowest BCUT2D eigenvalue weighted by molar-refractivity contribution is 0.0177. The molecule has 4 aromatic rings. The molecule has 0 radical (unpaired) electrons. The Balaban J connectivity index is 1.07. The Morgan fingerprint density at radius 3 is 2.52 bits per heavy atom. The minimum atomic E-state index is -0.483. The largest absolute Gasteiger partial charge is 0.444 e. The summed E-state index contributed by atoms with van der Waals surface area (Å²) in [4.78, 5) is 21.3. The van der Waals surface area contributed by atoms with Gasteiger partial charge in [0.1, 0.15) is 5.60 Å². The zero-order valence-corrected chi connectivity index (χ0v) is 26.4. The van der Waals surface area contributed by atoms with Crippen LogP contribution in [0.3, 0.4) is 0 Å². The van der Waals surface area contributed by atoms with Gasteiger partial charge in [-0.05, 0) is 82.2 Å². The molecule has 11 nitrogen and oxygen atoms in total. The molecule has 3 aromatic heterocycles. The quantitative estimate of drug-likeness (QED) is 0.279. The molecular formula is C32H41ClN8O3. The van der Waals surface area contributed by atoms with Crippen molar-refractivity contribution in [1.29, 1.82) is 0 Å². The zero-order valence-electron chi connectivity index (χ0n) is 25.6. The van der Waals surface area contributed by atoms with E-state index >= 15 is 0 Å². The summed E-state index contributed by atoms with van der Waals surface area (Å²) in [5, 5.41) is 23.6. The van der Waals surface area contributed by atoms with Gasteiger partial charge in [-0.1, -0.05) is 23.7 Å². The van der Waals surface area contributed by atoms with Gasteiger partial charge < -0.3 is 25.0 Å². The molecule has 12 heteroatoms. The summed E-state index contributed by atoms with van der Waals surface area (Å²) in [5.41, 5.74) is 2.99. The number of halogens is 1. The maximum atomic E-state index is 12.4. The standard InChI is InChI=1S/C32H41ClN8O3/c1-31(2,3)44-30(43)39-15-10-23(11-16-39)20-40-21-26(19-34-40)35-29-36-28-27(5-4-14-41(28)37-29)38-17-12-32(22-42,13-18-38)24-6-8-25(33)9-7-24/h4-9,14,19,21,23,42H,10-13,15-18,20,22H2,1-3H3,(H,35,37). The predicted molar refractivity (Wildman–Crippen MR) is 171 cm³/mol. The summed E-state index contributed by atoms with van der Waals surface area (Å²) in [6.07, 6.45) is 8.90. The number of nitrogens with zero attached hydrogens (tertiary/aromatic N) is 7. The number of carbonyl (C=O) groups is 1. The van der Waals surface area contributed by atoms with Crippen molar-refractivity contribution in [1.82, 2.24) is 29.3 Å². The molecule has 2 saturated heterocycles.